The van der Waals surface area contributed by atoms with Gasteiger partial charge in [0.2, 0.25) is 0 Å². The van der Waals surface area contributed by atoms with Crippen LogP contribution in [-0.4, -0.2) is 6.54 Å². The fourth-order valence-corrected chi connectivity index (χ4v) is 9.67. The van der Waals surface area contributed by atoms with Crippen molar-refractivity contribution in [3.05, 3.63) is 158 Å². The summed E-state index contributed by atoms with van der Waals surface area (Å²) in [5, 5.41) is 5.56. The average Bonchev–Trinajstić information content (AvgIpc) is 3.44. The largest absolute Gasteiger partial charge is 0.455 e. The Hall–Kier alpha value is -4.43. The maximum atomic E-state index is 6.68. The zero-order chi connectivity index (χ0) is 27.8. The van der Waals surface area contributed by atoms with Crippen molar-refractivity contribution >= 4 is 72.6 Å². The van der Waals surface area contributed by atoms with Crippen molar-refractivity contribution in [3.63, 3.8) is 0 Å². The van der Waals surface area contributed by atoms with Crippen molar-refractivity contribution in [2.24, 2.45) is 0 Å². The van der Waals surface area contributed by atoms with Gasteiger partial charge in [-0.3, -0.25) is 0 Å². The van der Waals surface area contributed by atoms with Gasteiger partial charge in [0.1, 0.15) is 11.2 Å². The molecule has 198 valence electrons. The zero-order valence-corrected chi connectivity index (χ0v) is 24.2. The molecule has 7 rings (SSSR count). The summed E-state index contributed by atoms with van der Waals surface area (Å²) < 4.78 is 6.67. The number of rotatable bonds is 4. The van der Waals surface area contributed by atoms with Gasteiger partial charge in [-0.05, 0) is 46.5 Å². The SMILES string of the molecule is C=C1/C=C\C=C/CN(c2ccc3oc4c(P(=S)(c5ccccc5)c5ccccc5)cccc4c3c2)c2ccccc21. The van der Waals surface area contributed by atoms with Gasteiger partial charge in [-0.1, -0.05) is 134 Å². The first-order valence-electron chi connectivity index (χ1n) is 13.7. The van der Waals surface area contributed by atoms with Gasteiger partial charge < -0.3 is 9.32 Å². The smallest absolute Gasteiger partial charge is 0.144 e. The van der Waals surface area contributed by atoms with Crippen LogP contribution in [0.5, 0.6) is 0 Å². The van der Waals surface area contributed by atoms with Crippen LogP contribution in [-0.2, 0) is 11.8 Å². The first-order valence-corrected chi connectivity index (χ1v) is 16.5. The molecule has 0 aliphatic carbocycles. The van der Waals surface area contributed by atoms with Crippen molar-refractivity contribution in [2.45, 2.75) is 0 Å². The molecular weight excluding hydrogens is 537 g/mol. The highest BCUT2D eigenvalue weighted by molar-refractivity contribution is 8.25. The lowest BCUT2D eigenvalue weighted by Gasteiger charge is -2.26. The molecule has 0 amide bonds. The molecule has 5 aromatic carbocycles. The number of para-hydroxylation sites is 2. The summed E-state index contributed by atoms with van der Waals surface area (Å²) in [6.45, 7) is 5.06. The Morgan fingerprint density at radius 1 is 0.707 bits per heavy atom. The van der Waals surface area contributed by atoms with Crippen LogP contribution < -0.4 is 20.8 Å². The maximum absolute atomic E-state index is 6.68. The molecule has 2 nitrogen and oxygen atoms in total. The predicted octanol–water partition coefficient (Wildman–Crippen LogP) is 8.62. The van der Waals surface area contributed by atoms with Crippen molar-refractivity contribution in [1.29, 1.82) is 0 Å². The van der Waals surface area contributed by atoms with E-state index in [0.717, 1.165) is 66.9 Å². The Bertz CT molecular complexity index is 1980. The molecule has 0 unspecified atom stereocenters. The van der Waals surface area contributed by atoms with E-state index in [0.29, 0.717) is 0 Å². The van der Waals surface area contributed by atoms with Gasteiger partial charge in [-0.2, -0.15) is 0 Å². The third-order valence-corrected chi connectivity index (χ3v) is 12.7. The van der Waals surface area contributed by atoms with Crippen molar-refractivity contribution < 1.29 is 4.42 Å². The van der Waals surface area contributed by atoms with Gasteiger partial charge in [0, 0.05) is 45.6 Å². The molecule has 0 fully saturated rings. The molecule has 0 saturated carbocycles. The van der Waals surface area contributed by atoms with E-state index in [2.05, 4.69) is 145 Å². The van der Waals surface area contributed by atoms with Crippen LogP contribution in [0.25, 0.3) is 27.5 Å². The Morgan fingerprint density at radius 2 is 1.41 bits per heavy atom. The van der Waals surface area contributed by atoms with Gasteiger partial charge >= 0.3 is 0 Å². The third-order valence-electron chi connectivity index (χ3n) is 7.72. The molecule has 6 aromatic rings. The highest BCUT2D eigenvalue weighted by Crippen LogP contribution is 2.46. The van der Waals surface area contributed by atoms with E-state index in [-0.39, 0.29) is 0 Å². The Balaban J connectivity index is 1.43. The highest BCUT2D eigenvalue weighted by Gasteiger charge is 2.29. The standard InChI is InChI=1S/C37H28NOPS/c1-27-14-5-4-12-25-38(34-21-11-10-19-31(27)34)28-23-24-35-33(26-28)32-20-13-22-36(37(32)39-35)40(41,29-15-6-2-7-16-29)30-17-8-3-9-18-30/h2-24,26H,1,25H2/b12-4-,14-5-. The second kappa shape index (κ2) is 10.5. The average molecular weight is 566 g/mol. The number of anilines is 2. The van der Waals surface area contributed by atoms with Gasteiger partial charge in [0.05, 0.1) is 0 Å². The summed E-state index contributed by atoms with van der Waals surface area (Å²) in [5.41, 5.74) is 6.08. The van der Waals surface area contributed by atoms with Crippen molar-refractivity contribution in [2.75, 3.05) is 11.4 Å². The summed E-state index contributed by atoms with van der Waals surface area (Å²) in [4.78, 5) is 2.34. The lowest BCUT2D eigenvalue weighted by molar-refractivity contribution is 0.671. The maximum Gasteiger partial charge on any atom is 0.144 e. The number of benzene rings is 5. The Labute approximate surface area is 245 Å². The summed E-state index contributed by atoms with van der Waals surface area (Å²) in [7, 11) is 0. The fraction of sp³-hybridized carbons (Fsp3) is 0.0270. The van der Waals surface area contributed by atoms with Crippen LogP contribution in [0, 0.1) is 0 Å². The van der Waals surface area contributed by atoms with Crippen LogP contribution in [0.2, 0.25) is 0 Å². The molecule has 1 aliphatic rings. The summed E-state index contributed by atoms with van der Waals surface area (Å²) in [6.07, 6.45) is 8.39. The molecule has 2 heterocycles. The highest BCUT2D eigenvalue weighted by atomic mass is 32.4. The first-order chi connectivity index (χ1) is 20.1. The molecule has 0 bridgehead atoms. The second-order valence-electron chi connectivity index (χ2n) is 10.2. The third kappa shape index (κ3) is 4.39. The molecule has 1 aliphatic heterocycles. The second-order valence-corrected chi connectivity index (χ2v) is 14.5. The lowest BCUT2D eigenvalue weighted by Crippen LogP contribution is -2.25. The van der Waals surface area contributed by atoms with E-state index in [9.17, 15) is 0 Å². The molecule has 0 radical (unpaired) electrons. The van der Waals surface area contributed by atoms with E-state index < -0.39 is 6.04 Å². The quantitative estimate of drug-likeness (QED) is 0.199. The molecular formula is C37H28NOPS. The topological polar surface area (TPSA) is 16.4 Å². The molecule has 1 aromatic heterocycles. The van der Waals surface area contributed by atoms with Crippen LogP contribution in [0.15, 0.2) is 157 Å². The fourth-order valence-electron chi connectivity index (χ4n) is 5.72. The number of fused-ring (bicyclic) bond motifs is 4. The van der Waals surface area contributed by atoms with Gasteiger partial charge in [0.15, 0.2) is 0 Å². The van der Waals surface area contributed by atoms with Crippen LogP contribution in [0.1, 0.15) is 5.56 Å². The Kier molecular flexibility index (Phi) is 6.55. The lowest BCUT2D eigenvalue weighted by atomic mass is 10.0. The van der Waals surface area contributed by atoms with E-state index in [1.807, 2.05) is 12.1 Å². The molecule has 41 heavy (non-hydrogen) atoms. The predicted molar refractivity (Wildman–Crippen MR) is 181 cm³/mol. The number of furan rings is 1. The molecule has 0 saturated heterocycles. The van der Waals surface area contributed by atoms with E-state index in [4.69, 9.17) is 16.2 Å². The normalized spacial score (nSPS) is 15.2. The van der Waals surface area contributed by atoms with E-state index >= 15 is 0 Å². The van der Waals surface area contributed by atoms with Crippen molar-refractivity contribution in [3.8, 4) is 0 Å². The molecule has 0 spiro atoms. The van der Waals surface area contributed by atoms with Crippen LogP contribution >= 0.6 is 6.04 Å². The first kappa shape index (κ1) is 25.5. The van der Waals surface area contributed by atoms with E-state index in [1.165, 1.54) is 0 Å². The summed E-state index contributed by atoms with van der Waals surface area (Å²) in [6, 6.07) is 40.0. The monoisotopic (exact) mass is 565 g/mol. The number of hydrogen-bond acceptors (Lipinski definition) is 3. The minimum absolute atomic E-state index is 0.740. The molecule has 4 heteroatoms. The Morgan fingerprint density at radius 3 is 2.17 bits per heavy atom. The van der Waals surface area contributed by atoms with Crippen LogP contribution in [0.3, 0.4) is 0 Å². The number of nitrogens with zero attached hydrogens (tertiary/aromatic N) is 1. The van der Waals surface area contributed by atoms with Gasteiger partial charge in [-0.15, -0.1) is 0 Å². The van der Waals surface area contributed by atoms with Crippen LogP contribution in [0.4, 0.5) is 11.4 Å². The summed E-state index contributed by atoms with van der Waals surface area (Å²) >= 11 is 6.68. The van der Waals surface area contributed by atoms with E-state index in [1.54, 1.807) is 0 Å². The van der Waals surface area contributed by atoms with Crippen molar-refractivity contribution in [1.82, 2.24) is 0 Å². The molecule has 0 N–H and O–H groups in total. The minimum Gasteiger partial charge on any atom is -0.455 e. The summed E-state index contributed by atoms with van der Waals surface area (Å²) in [5.74, 6) is 0. The van der Waals surface area contributed by atoms with Gasteiger partial charge in [0.25, 0.3) is 0 Å². The zero-order valence-electron chi connectivity index (χ0n) is 22.5. The number of hydrogen-bond donors (Lipinski definition) is 0. The number of allylic oxidation sites excluding steroid dienone is 4. The van der Waals surface area contributed by atoms with Gasteiger partial charge in [-0.25, -0.2) is 0 Å². The minimum atomic E-state index is -2.38. The molecule has 0 atom stereocenters.